The van der Waals surface area contributed by atoms with Crippen molar-refractivity contribution in [2.45, 2.75) is 70.8 Å². The smallest absolute Gasteiger partial charge is 0.326 e. The summed E-state index contributed by atoms with van der Waals surface area (Å²) in [7, 11) is 0. The fourth-order valence-corrected chi connectivity index (χ4v) is 3.84. The van der Waals surface area contributed by atoms with Crippen molar-refractivity contribution in [2.75, 3.05) is 0 Å². The molecule has 0 bridgehead atoms. The summed E-state index contributed by atoms with van der Waals surface area (Å²) in [4.78, 5) is 27.1. The number of benzene rings is 1. The van der Waals surface area contributed by atoms with Gasteiger partial charge in [0.15, 0.2) is 0 Å². The minimum atomic E-state index is -1.03. The number of amides is 1. The molecular weight excluding hydrogens is 472 g/mol. The van der Waals surface area contributed by atoms with Gasteiger partial charge in [0.25, 0.3) is 0 Å². The molecule has 0 saturated carbocycles. The van der Waals surface area contributed by atoms with E-state index in [9.17, 15) is 14.7 Å². The molecule has 1 atom stereocenters. The Labute approximate surface area is 227 Å². The number of carbonyl (C=O) groups is 2. The zero-order chi connectivity index (χ0) is 27.3. The van der Waals surface area contributed by atoms with Crippen molar-refractivity contribution >= 4 is 22.8 Å². The first kappa shape index (κ1) is 30.4. The molecule has 0 spiro atoms. The largest absolute Gasteiger partial charge is 0.480 e. The van der Waals surface area contributed by atoms with Gasteiger partial charge in [0.2, 0.25) is 5.91 Å². The lowest BCUT2D eigenvalue weighted by atomic mass is 10.0. The molecule has 1 unspecified atom stereocenters. The molecule has 0 aliphatic heterocycles. The molecule has 3 N–H and O–H groups in total. The number of rotatable bonds is 18. The minimum absolute atomic E-state index is 0.241. The van der Waals surface area contributed by atoms with Crippen LogP contribution < -0.4 is 5.32 Å². The number of H-pyrrole nitrogens is 1. The molecule has 0 saturated heterocycles. The number of carbonyl (C=O) groups excluding carboxylic acids is 1. The van der Waals surface area contributed by atoms with Crippen molar-refractivity contribution in [3.63, 3.8) is 0 Å². The van der Waals surface area contributed by atoms with E-state index >= 15 is 0 Å². The van der Waals surface area contributed by atoms with Crippen LogP contribution in [0.15, 0.2) is 103 Å². The molecular formula is C33H42N2O3. The Morgan fingerprint density at radius 3 is 1.89 bits per heavy atom. The third-order valence-electron chi connectivity index (χ3n) is 5.87. The Morgan fingerprint density at radius 1 is 0.816 bits per heavy atom. The fraction of sp³-hybridized carbons (Fsp3) is 0.333. The second-order valence-corrected chi connectivity index (χ2v) is 8.98. The molecule has 1 aromatic carbocycles. The van der Waals surface area contributed by atoms with E-state index in [2.05, 4.69) is 78.0 Å². The first-order chi connectivity index (χ1) is 18.6. The van der Waals surface area contributed by atoms with E-state index < -0.39 is 12.0 Å². The van der Waals surface area contributed by atoms with Gasteiger partial charge in [0, 0.05) is 29.9 Å². The zero-order valence-corrected chi connectivity index (χ0v) is 22.5. The summed E-state index contributed by atoms with van der Waals surface area (Å²) in [6.07, 6.45) is 34.4. The molecule has 5 heteroatoms. The van der Waals surface area contributed by atoms with E-state index in [1.165, 1.54) is 0 Å². The predicted octanol–water partition coefficient (Wildman–Crippen LogP) is 7.76. The van der Waals surface area contributed by atoms with Gasteiger partial charge < -0.3 is 15.4 Å². The minimum Gasteiger partial charge on any atom is -0.480 e. The fourth-order valence-electron chi connectivity index (χ4n) is 3.84. The van der Waals surface area contributed by atoms with Crippen LogP contribution in [0.3, 0.4) is 0 Å². The maximum atomic E-state index is 12.3. The first-order valence-corrected chi connectivity index (χ1v) is 13.6. The van der Waals surface area contributed by atoms with E-state index in [1.54, 1.807) is 0 Å². The van der Waals surface area contributed by atoms with Crippen LogP contribution in [0, 0.1) is 0 Å². The number of fused-ring (bicyclic) bond motifs is 1. The number of aliphatic carboxylic acids is 1. The number of carboxylic acid groups (broad SMARTS) is 1. The Morgan fingerprint density at radius 2 is 1.34 bits per heavy atom. The summed E-state index contributed by atoms with van der Waals surface area (Å²) in [5.41, 5.74) is 1.83. The molecule has 202 valence electrons. The molecule has 5 nitrogen and oxygen atoms in total. The van der Waals surface area contributed by atoms with Crippen LogP contribution in [0.25, 0.3) is 10.9 Å². The van der Waals surface area contributed by atoms with Gasteiger partial charge in [-0.2, -0.15) is 0 Å². The quantitative estimate of drug-likeness (QED) is 0.178. The maximum absolute atomic E-state index is 12.3. The number of aromatic nitrogens is 1. The third-order valence-corrected chi connectivity index (χ3v) is 5.87. The topological polar surface area (TPSA) is 82.2 Å². The molecule has 1 aromatic heterocycles. The molecule has 1 heterocycles. The van der Waals surface area contributed by atoms with E-state index in [1.807, 2.05) is 42.6 Å². The Hall–Kier alpha value is -3.86. The van der Waals surface area contributed by atoms with Crippen LogP contribution in [-0.4, -0.2) is 28.0 Å². The second-order valence-electron chi connectivity index (χ2n) is 8.98. The number of carboxylic acids is 1. The van der Waals surface area contributed by atoms with Crippen molar-refractivity contribution in [1.29, 1.82) is 0 Å². The van der Waals surface area contributed by atoms with Gasteiger partial charge in [-0.05, 0) is 56.6 Å². The van der Waals surface area contributed by atoms with Crippen LogP contribution in [0.5, 0.6) is 0 Å². The lowest BCUT2D eigenvalue weighted by molar-refractivity contribution is -0.141. The molecule has 0 aliphatic carbocycles. The lowest BCUT2D eigenvalue weighted by Gasteiger charge is -2.14. The van der Waals surface area contributed by atoms with E-state index in [-0.39, 0.29) is 18.7 Å². The average Bonchev–Trinajstić information content (AvgIpc) is 3.32. The van der Waals surface area contributed by atoms with Crippen LogP contribution in [0.4, 0.5) is 0 Å². The van der Waals surface area contributed by atoms with Crippen LogP contribution in [-0.2, 0) is 16.0 Å². The standard InChI is InChI=1S/C33H42N2O3/c1-2-3-4-5-6-7-8-9-10-11-12-13-14-15-16-17-18-19-20-25-32(36)35-31(33(37)38)26-28-27-34-30-24-22-21-23-29(28)30/h3-4,6-7,9-10,12-13,15-16,18-19,21-24,27,31,34H,2,5,8,11,14,17,20,25-26H2,1H3,(H,35,36)(H,37,38)/b4-3+,7-6+,10-9+,13-12+,16-15+,19-18+. The molecule has 38 heavy (non-hydrogen) atoms. The number of nitrogens with one attached hydrogen (secondary N) is 2. The van der Waals surface area contributed by atoms with Crippen LogP contribution in [0.1, 0.15) is 63.9 Å². The van der Waals surface area contributed by atoms with Crippen molar-refractivity contribution in [3.05, 3.63) is 109 Å². The summed E-state index contributed by atoms with van der Waals surface area (Å²) < 4.78 is 0. The van der Waals surface area contributed by atoms with Crippen molar-refractivity contribution in [1.82, 2.24) is 10.3 Å². The summed E-state index contributed by atoms with van der Waals surface area (Å²) in [5.74, 6) is -1.28. The summed E-state index contributed by atoms with van der Waals surface area (Å²) in [6, 6.07) is 6.78. The normalized spacial score (nSPS) is 13.4. The molecule has 2 rings (SSSR count). The van der Waals surface area contributed by atoms with Gasteiger partial charge in [-0.1, -0.05) is 98.0 Å². The Bertz CT molecular complexity index is 1150. The first-order valence-electron chi connectivity index (χ1n) is 13.6. The van der Waals surface area contributed by atoms with Crippen molar-refractivity contribution in [2.24, 2.45) is 0 Å². The number of para-hydroxylation sites is 1. The van der Waals surface area contributed by atoms with Gasteiger partial charge in [-0.15, -0.1) is 0 Å². The molecule has 0 radical (unpaired) electrons. The summed E-state index contributed by atoms with van der Waals surface area (Å²) in [6.45, 7) is 2.14. The van der Waals surface area contributed by atoms with Crippen molar-refractivity contribution in [3.8, 4) is 0 Å². The van der Waals surface area contributed by atoms with Gasteiger partial charge in [-0.3, -0.25) is 4.79 Å². The molecule has 1 amide bonds. The highest BCUT2D eigenvalue weighted by molar-refractivity contribution is 5.86. The number of hydrogen-bond acceptors (Lipinski definition) is 2. The van der Waals surface area contributed by atoms with E-state index in [0.717, 1.165) is 55.0 Å². The monoisotopic (exact) mass is 514 g/mol. The second kappa shape index (κ2) is 19.3. The van der Waals surface area contributed by atoms with Gasteiger partial charge >= 0.3 is 5.97 Å². The lowest BCUT2D eigenvalue weighted by Crippen LogP contribution is -2.42. The predicted molar refractivity (Wildman–Crippen MR) is 159 cm³/mol. The molecule has 0 fully saturated rings. The van der Waals surface area contributed by atoms with E-state index in [4.69, 9.17) is 0 Å². The van der Waals surface area contributed by atoms with Crippen LogP contribution >= 0.6 is 0 Å². The SMILES string of the molecule is CC/C=C/C/C=C/C/C=C/C/C=C/C/C=C/C/C=C/CCC(=O)NC(Cc1c[nH]c2ccccc12)C(=O)O. The maximum Gasteiger partial charge on any atom is 0.326 e. The molecule has 2 aromatic rings. The number of aromatic amines is 1. The summed E-state index contributed by atoms with van der Waals surface area (Å²) in [5, 5.41) is 13.2. The van der Waals surface area contributed by atoms with E-state index in [0.29, 0.717) is 6.42 Å². The highest BCUT2D eigenvalue weighted by atomic mass is 16.4. The Balaban J connectivity index is 1.56. The van der Waals surface area contributed by atoms with Gasteiger partial charge in [0.05, 0.1) is 0 Å². The van der Waals surface area contributed by atoms with Gasteiger partial charge in [0.1, 0.15) is 6.04 Å². The van der Waals surface area contributed by atoms with Gasteiger partial charge in [-0.25, -0.2) is 4.79 Å². The average molecular weight is 515 g/mol. The van der Waals surface area contributed by atoms with Crippen molar-refractivity contribution < 1.29 is 14.7 Å². The highest BCUT2D eigenvalue weighted by Crippen LogP contribution is 2.19. The number of hydrogen-bond donors (Lipinski definition) is 3. The number of allylic oxidation sites excluding steroid dienone is 12. The highest BCUT2D eigenvalue weighted by Gasteiger charge is 2.21. The van der Waals surface area contributed by atoms with Crippen LogP contribution in [0.2, 0.25) is 0 Å². The molecule has 0 aliphatic rings. The third kappa shape index (κ3) is 12.9. The summed E-state index contributed by atoms with van der Waals surface area (Å²) >= 11 is 0. The zero-order valence-electron chi connectivity index (χ0n) is 22.5. The Kier molecular flexibility index (Phi) is 15.4.